The first-order chi connectivity index (χ1) is 7.63. The van der Waals surface area contributed by atoms with Crippen molar-refractivity contribution < 1.29 is 9.53 Å². The van der Waals surface area contributed by atoms with Crippen LogP contribution in [0.2, 0.25) is 0 Å². The molecule has 8 nitrogen and oxygen atoms in total. The molecule has 0 aromatic carbocycles. The van der Waals surface area contributed by atoms with Crippen molar-refractivity contribution in [3.05, 3.63) is 22.1 Å². The van der Waals surface area contributed by atoms with Crippen molar-refractivity contribution in [2.75, 3.05) is 12.3 Å². The summed E-state index contributed by atoms with van der Waals surface area (Å²) in [5, 5.41) is 2.46. The van der Waals surface area contributed by atoms with Gasteiger partial charge in [-0.15, -0.1) is 0 Å². The molecule has 3 N–H and O–H groups in total. The average Bonchev–Trinajstić information content (AvgIpc) is 2.60. The van der Waals surface area contributed by atoms with Crippen LogP contribution in [0.25, 0.3) is 5.78 Å². The normalized spacial score (nSPS) is 10.6. The molecule has 0 radical (unpaired) electrons. The lowest BCUT2D eigenvalue weighted by Gasteiger charge is -1.99. The van der Waals surface area contributed by atoms with Crippen molar-refractivity contribution in [3.63, 3.8) is 0 Å². The van der Waals surface area contributed by atoms with Gasteiger partial charge in [0, 0.05) is 0 Å². The highest BCUT2D eigenvalue weighted by molar-refractivity contribution is 5.88. The number of H-pyrrole nitrogens is 1. The van der Waals surface area contributed by atoms with Crippen LogP contribution in [0.4, 0.5) is 5.95 Å². The van der Waals surface area contributed by atoms with E-state index in [9.17, 15) is 9.59 Å². The number of carbonyl (C=O) groups is 1. The van der Waals surface area contributed by atoms with E-state index in [-0.39, 0.29) is 23.9 Å². The summed E-state index contributed by atoms with van der Waals surface area (Å²) in [5.41, 5.74) is 4.61. The van der Waals surface area contributed by atoms with Crippen LogP contribution in [0, 0.1) is 0 Å². The van der Waals surface area contributed by atoms with Gasteiger partial charge in [0.2, 0.25) is 5.95 Å². The molecule has 0 atom stereocenters. The van der Waals surface area contributed by atoms with Gasteiger partial charge in [0.25, 0.3) is 11.3 Å². The SMILES string of the molecule is CCOC(=O)c1cnc2nc(N)[nH]n2c1=O. The molecule has 0 aliphatic carbocycles. The second-order valence-corrected chi connectivity index (χ2v) is 2.94. The smallest absolute Gasteiger partial charge is 0.345 e. The number of nitrogen functional groups attached to an aromatic ring is 1. The van der Waals surface area contributed by atoms with E-state index in [4.69, 9.17) is 10.5 Å². The van der Waals surface area contributed by atoms with Crippen molar-refractivity contribution in [2.24, 2.45) is 0 Å². The monoisotopic (exact) mass is 223 g/mol. The minimum Gasteiger partial charge on any atom is -0.462 e. The van der Waals surface area contributed by atoms with E-state index < -0.39 is 11.5 Å². The van der Waals surface area contributed by atoms with Crippen molar-refractivity contribution in [2.45, 2.75) is 6.92 Å². The van der Waals surface area contributed by atoms with Crippen LogP contribution in [0.3, 0.4) is 0 Å². The zero-order chi connectivity index (χ0) is 11.7. The number of nitrogens with two attached hydrogens (primary N) is 1. The van der Waals surface area contributed by atoms with Crippen LogP contribution >= 0.6 is 0 Å². The van der Waals surface area contributed by atoms with Crippen molar-refractivity contribution >= 4 is 17.7 Å². The third kappa shape index (κ3) is 1.49. The van der Waals surface area contributed by atoms with Gasteiger partial charge >= 0.3 is 5.97 Å². The van der Waals surface area contributed by atoms with Gasteiger partial charge in [-0.1, -0.05) is 0 Å². The highest BCUT2D eigenvalue weighted by Crippen LogP contribution is 1.98. The highest BCUT2D eigenvalue weighted by atomic mass is 16.5. The zero-order valence-corrected chi connectivity index (χ0v) is 8.43. The van der Waals surface area contributed by atoms with Crippen molar-refractivity contribution in [1.82, 2.24) is 19.6 Å². The fourth-order valence-electron chi connectivity index (χ4n) is 1.22. The summed E-state index contributed by atoms with van der Waals surface area (Å²) in [6, 6.07) is 0. The Morgan fingerprint density at radius 3 is 3.12 bits per heavy atom. The number of rotatable bonds is 2. The van der Waals surface area contributed by atoms with Crippen LogP contribution < -0.4 is 11.3 Å². The van der Waals surface area contributed by atoms with E-state index in [2.05, 4.69) is 15.1 Å². The largest absolute Gasteiger partial charge is 0.462 e. The number of esters is 1. The molecule has 0 saturated carbocycles. The van der Waals surface area contributed by atoms with E-state index in [0.717, 1.165) is 10.7 Å². The maximum absolute atomic E-state index is 11.8. The topological polar surface area (TPSA) is 115 Å². The van der Waals surface area contributed by atoms with Crippen LogP contribution in [0.5, 0.6) is 0 Å². The van der Waals surface area contributed by atoms with Gasteiger partial charge in [0.1, 0.15) is 5.56 Å². The molecule has 0 spiro atoms. The number of hydrogen-bond acceptors (Lipinski definition) is 6. The summed E-state index contributed by atoms with van der Waals surface area (Å²) in [6.07, 6.45) is 1.12. The molecule has 2 rings (SSSR count). The summed E-state index contributed by atoms with van der Waals surface area (Å²) in [7, 11) is 0. The molecule has 0 aliphatic rings. The number of aromatic nitrogens is 4. The quantitative estimate of drug-likeness (QED) is 0.642. The number of ether oxygens (including phenoxy) is 1. The lowest BCUT2D eigenvalue weighted by molar-refractivity contribution is 0.0523. The second-order valence-electron chi connectivity index (χ2n) is 2.94. The predicted molar refractivity (Wildman–Crippen MR) is 54.0 cm³/mol. The summed E-state index contributed by atoms with van der Waals surface area (Å²) < 4.78 is 5.69. The van der Waals surface area contributed by atoms with Gasteiger partial charge in [-0.05, 0) is 6.92 Å². The van der Waals surface area contributed by atoms with E-state index in [0.29, 0.717) is 0 Å². The molecule has 0 unspecified atom stereocenters. The minimum absolute atomic E-state index is 0.0469. The first-order valence-electron chi connectivity index (χ1n) is 4.54. The molecule has 0 aliphatic heterocycles. The van der Waals surface area contributed by atoms with Crippen LogP contribution in [-0.4, -0.2) is 32.2 Å². The Kier molecular flexibility index (Phi) is 2.31. The molecule has 84 valence electrons. The summed E-state index contributed by atoms with van der Waals surface area (Å²) in [4.78, 5) is 30.7. The Morgan fingerprint density at radius 1 is 1.69 bits per heavy atom. The van der Waals surface area contributed by atoms with Crippen LogP contribution in [0.15, 0.2) is 11.0 Å². The third-order valence-corrected chi connectivity index (χ3v) is 1.88. The summed E-state index contributed by atoms with van der Waals surface area (Å²) in [6.45, 7) is 1.84. The number of carbonyl (C=O) groups excluding carboxylic acids is 1. The molecule has 0 amide bonds. The Balaban J connectivity index is 2.60. The molecule has 16 heavy (non-hydrogen) atoms. The first kappa shape index (κ1) is 10.1. The summed E-state index contributed by atoms with van der Waals surface area (Å²) in [5.74, 6) is -0.566. The number of anilines is 1. The number of hydrogen-bond donors (Lipinski definition) is 2. The van der Waals surface area contributed by atoms with Gasteiger partial charge in [-0.3, -0.25) is 9.89 Å². The standard InChI is InChI=1S/C8H9N5O3/c1-2-16-6(15)4-3-10-8-11-7(9)12-13(8)5(4)14/h3H,2H2,1H3,(H3,9,10,11,12). The molecule has 0 fully saturated rings. The van der Waals surface area contributed by atoms with Gasteiger partial charge in [-0.25, -0.2) is 9.78 Å². The van der Waals surface area contributed by atoms with Gasteiger partial charge < -0.3 is 10.5 Å². The second kappa shape index (κ2) is 3.65. The van der Waals surface area contributed by atoms with Crippen molar-refractivity contribution in [1.29, 1.82) is 0 Å². The lowest BCUT2D eigenvalue weighted by atomic mass is 10.3. The first-order valence-corrected chi connectivity index (χ1v) is 4.54. The third-order valence-electron chi connectivity index (χ3n) is 1.88. The Labute approximate surface area is 89.0 Å². The molecule has 0 bridgehead atoms. The van der Waals surface area contributed by atoms with E-state index >= 15 is 0 Å². The van der Waals surface area contributed by atoms with Crippen molar-refractivity contribution in [3.8, 4) is 0 Å². The molecule has 2 heterocycles. The van der Waals surface area contributed by atoms with Gasteiger partial charge in [0.05, 0.1) is 12.8 Å². The summed E-state index contributed by atoms with van der Waals surface area (Å²) >= 11 is 0. The molecule has 2 aromatic rings. The van der Waals surface area contributed by atoms with E-state index in [1.54, 1.807) is 6.92 Å². The van der Waals surface area contributed by atoms with E-state index in [1.807, 2.05) is 0 Å². The number of aromatic amines is 1. The Bertz CT molecular complexity index is 599. The molecular weight excluding hydrogens is 214 g/mol. The number of nitrogens with zero attached hydrogens (tertiary/aromatic N) is 3. The van der Waals surface area contributed by atoms with Gasteiger partial charge in [-0.2, -0.15) is 9.50 Å². The highest BCUT2D eigenvalue weighted by Gasteiger charge is 2.15. The van der Waals surface area contributed by atoms with Crippen LogP contribution in [-0.2, 0) is 4.74 Å². The number of fused-ring (bicyclic) bond motifs is 1. The van der Waals surface area contributed by atoms with Crippen LogP contribution in [0.1, 0.15) is 17.3 Å². The maximum Gasteiger partial charge on any atom is 0.345 e. The van der Waals surface area contributed by atoms with E-state index in [1.165, 1.54) is 0 Å². The molecule has 8 heteroatoms. The molecule has 0 saturated heterocycles. The predicted octanol–water partition coefficient (Wildman–Crippen LogP) is -0.824. The fourth-order valence-corrected chi connectivity index (χ4v) is 1.22. The minimum atomic E-state index is -0.720. The zero-order valence-electron chi connectivity index (χ0n) is 8.43. The Hall–Kier alpha value is -2.38. The molecular formula is C8H9N5O3. The van der Waals surface area contributed by atoms with Gasteiger partial charge in [0.15, 0.2) is 0 Å². The average molecular weight is 223 g/mol. The maximum atomic E-state index is 11.8. The Morgan fingerprint density at radius 2 is 2.44 bits per heavy atom. The molecule has 2 aromatic heterocycles. The fraction of sp³-hybridized carbons (Fsp3) is 0.250. The number of nitrogens with one attached hydrogen (secondary N) is 1. The lowest BCUT2D eigenvalue weighted by Crippen LogP contribution is -2.24.